The molecule has 0 atom stereocenters. The minimum Gasteiger partial charge on any atom is -0.399 e. The molecule has 0 spiro atoms. The maximum absolute atomic E-state index is 13.6. The number of nitrogens with two attached hydrogens (primary N) is 1. The SMILES string of the molecule is Cc1cnccc1CNS(=O)(=O)c1cc(N)cc(F)c1F. The van der Waals surface area contributed by atoms with E-state index in [2.05, 4.69) is 9.71 Å². The Labute approximate surface area is 120 Å². The second-order valence-electron chi connectivity index (χ2n) is 4.44. The van der Waals surface area contributed by atoms with E-state index in [-0.39, 0.29) is 12.2 Å². The van der Waals surface area contributed by atoms with E-state index in [0.29, 0.717) is 5.56 Å². The first-order valence-electron chi connectivity index (χ1n) is 5.95. The van der Waals surface area contributed by atoms with Gasteiger partial charge in [0.25, 0.3) is 0 Å². The van der Waals surface area contributed by atoms with Crippen LogP contribution in [0, 0.1) is 18.6 Å². The molecule has 2 rings (SSSR count). The van der Waals surface area contributed by atoms with Crippen LogP contribution in [0.25, 0.3) is 0 Å². The molecule has 0 aliphatic carbocycles. The van der Waals surface area contributed by atoms with Gasteiger partial charge in [-0.1, -0.05) is 0 Å². The average molecular weight is 313 g/mol. The second-order valence-corrected chi connectivity index (χ2v) is 6.18. The summed E-state index contributed by atoms with van der Waals surface area (Å²) in [7, 11) is -4.22. The topological polar surface area (TPSA) is 85.1 Å². The van der Waals surface area contributed by atoms with Crippen LogP contribution in [0.4, 0.5) is 14.5 Å². The molecule has 2 aromatic rings. The number of aryl methyl sites for hydroxylation is 1. The Morgan fingerprint density at radius 1 is 1.33 bits per heavy atom. The molecular formula is C13H13F2N3O2S. The van der Waals surface area contributed by atoms with Gasteiger partial charge in [-0.2, -0.15) is 0 Å². The van der Waals surface area contributed by atoms with Crippen molar-refractivity contribution in [2.45, 2.75) is 18.4 Å². The zero-order valence-corrected chi connectivity index (χ0v) is 11.9. The van der Waals surface area contributed by atoms with Gasteiger partial charge in [0.1, 0.15) is 4.90 Å². The summed E-state index contributed by atoms with van der Waals surface area (Å²) >= 11 is 0. The number of halogens is 2. The van der Waals surface area contributed by atoms with Crippen LogP contribution in [0.3, 0.4) is 0 Å². The Kier molecular flexibility index (Phi) is 4.19. The van der Waals surface area contributed by atoms with E-state index in [1.54, 1.807) is 19.2 Å². The van der Waals surface area contributed by atoms with Gasteiger partial charge in [-0.25, -0.2) is 21.9 Å². The molecule has 3 N–H and O–H groups in total. The Hall–Kier alpha value is -2.06. The lowest BCUT2D eigenvalue weighted by Crippen LogP contribution is -2.25. The fourth-order valence-electron chi connectivity index (χ4n) is 1.73. The summed E-state index contributed by atoms with van der Waals surface area (Å²) in [5, 5.41) is 0. The van der Waals surface area contributed by atoms with E-state index in [0.717, 1.165) is 17.7 Å². The van der Waals surface area contributed by atoms with E-state index in [1.807, 2.05) is 0 Å². The molecule has 0 bridgehead atoms. The summed E-state index contributed by atoms with van der Waals surface area (Å²) in [5.74, 6) is -2.77. The molecule has 0 aliphatic heterocycles. The third kappa shape index (κ3) is 3.34. The molecule has 0 fully saturated rings. The van der Waals surface area contributed by atoms with Crippen LogP contribution in [-0.2, 0) is 16.6 Å². The normalized spacial score (nSPS) is 11.6. The molecule has 0 aliphatic rings. The first-order valence-corrected chi connectivity index (χ1v) is 7.43. The van der Waals surface area contributed by atoms with Gasteiger partial charge in [-0.15, -0.1) is 0 Å². The molecule has 1 heterocycles. The number of sulfonamides is 1. The highest BCUT2D eigenvalue weighted by Crippen LogP contribution is 2.21. The number of nitrogens with one attached hydrogen (secondary N) is 1. The number of benzene rings is 1. The summed E-state index contributed by atoms with van der Waals surface area (Å²) in [6.45, 7) is 1.70. The first kappa shape index (κ1) is 15.3. The van der Waals surface area contributed by atoms with Crippen LogP contribution in [0.5, 0.6) is 0 Å². The van der Waals surface area contributed by atoms with Crippen molar-refractivity contribution in [3.8, 4) is 0 Å². The number of hydrogen-bond acceptors (Lipinski definition) is 4. The molecule has 0 saturated heterocycles. The van der Waals surface area contributed by atoms with Gasteiger partial charge in [0.2, 0.25) is 10.0 Å². The molecule has 0 amide bonds. The Morgan fingerprint density at radius 3 is 2.71 bits per heavy atom. The summed E-state index contributed by atoms with van der Waals surface area (Å²) in [5.41, 5.74) is 6.63. The Morgan fingerprint density at radius 2 is 2.05 bits per heavy atom. The van der Waals surface area contributed by atoms with Crippen molar-refractivity contribution in [3.05, 3.63) is 53.4 Å². The molecule has 8 heteroatoms. The lowest BCUT2D eigenvalue weighted by atomic mass is 10.2. The molecule has 1 aromatic carbocycles. The predicted octanol–water partition coefficient (Wildman–Crippen LogP) is 1.73. The first-order chi connectivity index (χ1) is 9.81. The van der Waals surface area contributed by atoms with Crippen LogP contribution in [0.2, 0.25) is 0 Å². The zero-order valence-electron chi connectivity index (χ0n) is 11.1. The Bertz CT molecular complexity index is 779. The monoisotopic (exact) mass is 313 g/mol. The maximum Gasteiger partial charge on any atom is 0.243 e. The highest BCUT2D eigenvalue weighted by atomic mass is 32.2. The molecular weight excluding hydrogens is 300 g/mol. The number of pyridine rings is 1. The summed E-state index contributed by atoms with van der Waals surface area (Å²) in [6.07, 6.45) is 3.09. The lowest BCUT2D eigenvalue weighted by Gasteiger charge is -2.10. The van der Waals surface area contributed by atoms with Crippen molar-refractivity contribution in [1.29, 1.82) is 0 Å². The minimum atomic E-state index is -4.22. The van der Waals surface area contributed by atoms with Crippen molar-refractivity contribution < 1.29 is 17.2 Å². The smallest absolute Gasteiger partial charge is 0.243 e. The second kappa shape index (κ2) is 5.74. The van der Waals surface area contributed by atoms with Gasteiger partial charge < -0.3 is 5.73 Å². The van der Waals surface area contributed by atoms with Gasteiger partial charge in [0.05, 0.1) is 0 Å². The van der Waals surface area contributed by atoms with Crippen molar-refractivity contribution in [3.63, 3.8) is 0 Å². The fourth-order valence-corrected chi connectivity index (χ4v) is 2.86. The number of anilines is 1. The highest BCUT2D eigenvalue weighted by molar-refractivity contribution is 7.89. The molecule has 0 radical (unpaired) electrons. The van der Waals surface area contributed by atoms with Crippen LogP contribution < -0.4 is 10.5 Å². The highest BCUT2D eigenvalue weighted by Gasteiger charge is 2.22. The van der Waals surface area contributed by atoms with Crippen LogP contribution in [0.1, 0.15) is 11.1 Å². The van der Waals surface area contributed by atoms with E-state index >= 15 is 0 Å². The standard InChI is InChI=1S/C13H13F2N3O2S/c1-8-6-17-3-2-9(8)7-18-21(19,20)12-5-10(16)4-11(14)13(12)15/h2-6,18H,7,16H2,1H3. The number of hydrogen-bond donors (Lipinski definition) is 2. The number of nitrogens with zero attached hydrogens (tertiary/aromatic N) is 1. The summed E-state index contributed by atoms with van der Waals surface area (Å²) < 4.78 is 53.2. The third-order valence-electron chi connectivity index (χ3n) is 2.90. The number of rotatable bonds is 4. The quantitative estimate of drug-likeness (QED) is 0.842. The fraction of sp³-hybridized carbons (Fsp3) is 0.154. The summed E-state index contributed by atoms with van der Waals surface area (Å²) in [6, 6.07) is 3.23. The maximum atomic E-state index is 13.6. The molecule has 5 nitrogen and oxygen atoms in total. The van der Waals surface area contributed by atoms with Crippen LogP contribution >= 0.6 is 0 Å². The van der Waals surface area contributed by atoms with E-state index < -0.39 is 26.6 Å². The van der Waals surface area contributed by atoms with Gasteiger partial charge in [0, 0.05) is 24.6 Å². The average Bonchev–Trinajstić information content (AvgIpc) is 2.42. The van der Waals surface area contributed by atoms with Crippen molar-refractivity contribution in [1.82, 2.24) is 9.71 Å². The van der Waals surface area contributed by atoms with Gasteiger partial charge >= 0.3 is 0 Å². The predicted molar refractivity (Wildman–Crippen MR) is 73.8 cm³/mol. The zero-order chi connectivity index (χ0) is 15.6. The Balaban J connectivity index is 2.30. The lowest BCUT2D eigenvalue weighted by molar-refractivity contribution is 0.483. The van der Waals surface area contributed by atoms with E-state index in [9.17, 15) is 17.2 Å². The largest absolute Gasteiger partial charge is 0.399 e. The van der Waals surface area contributed by atoms with E-state index in [4.69, 9.17) is 5.73 Å². The van der Waals surface area contributed by atoms with Crippen LogP contribution in [0.15, 0.2) is 35.5 Å². The van der Waals surface area contributed by atoms with Gasteiger partial charge in [-0.3, -0.25) is 4.98 Å². The molecule has 21 heavy (non-hydrogen) atoms. The number of aromatic nitrogens is 1. The molecule has 112 valence electrons. The van der Waals surface area contributed by atoms with E-state index in [1.165, 1.54) is 6.20 Å². The number of nitrogen functional groups attached to an aromatic ring is 1. The minimum absolute atomic E-state index is 0.0630. The van der Waals surface area contributed by atoms with Gasteiger partial charge in [0.15, 0.2) is 11.6 Å². The molecule has 1 aromatic heterocycles. The van der Waals surface area contributed by atoms with Crippen molar-refractivity contribution >= 4 is 15.7 Å². The summed E-state index contributed by atoms with van der Waals surface area (Å²) in [4.78, 5) is 3.07. The van der Waals surface area contributed by atoms with Gasteiger partial charge in [-0.05, 0) is 36.2 Å². The molecule has 0 unspecified atom stereocenters. The van der Waals surface area contributed by atoms with Crippen molar-refractivity contribution in [2.75, 3.05) is 5.73 Å². The molecule has 0 saturated carbocycles. The van der Waals surface area contributed by atoms with Crippen LogP contribution in [-0.4, -0.2) is 13.4 Å². The van der Waals surface area contributed by atoms with Crippen molar-refractivity contribution in [2.24, 2.45) is 0 Å². The third-order valence-corrected chi connectivity index (χ3v) is 4.30.